The van der Waals surface area contributed by atoms with E-state index in [0.717, 1.165) is 17.0 Å². The Morgan fingerprint density at radius 3 is 1.39 bits per heavy atom. The summed E-state index contributed by atoms with van der Waals surface area (Å²) in [7, 11) is 0. The van der Waals surface area contributed by atoms with Crippen LogP contribution >= 0.6 is 6.89 Å². The molecule has 3 fully saturated rings. The number of benzene rings is 1. The third-order valence-corrected chi connectivity index (χ3v) is 13.1. The average molecular weight is 328 g/mol. The van der Waals surface area contributed by atoms with E-state index in [9.17, 15) is 0 Å². The second kappa shape index (κ2) is 7.18. The molecule has 0 saturated heterocycles. The van der Waals surface area contributed by atoms with Gasteiger partial charge in [0.25, 0.3) is 0 Å². The van der Waals surface area contributed by atoms with Crippen molar-refractivity contribution in [3.63, 3.8) is 0 Å². The molecule has 0 amide bonds. The molecule has 23 heavy (non-hydrogen) atoms. The lowest BCUT2D eigenvalue weighted by molar-refractivity contribution is 0.771. The van der Waals surface area contributed by atoms with Crippen molar-refractivity contribution < 1.29 is 0 Å². The fourth-order valence-corrected chi connectivity index (χ4v) is 13.0. The fraction of sp³-hybridized carbons (Fsp3) is 0.682. The van der Waals surface area contributed by atoms with Crippen LogP contribution in [0.15, 0.2) is 30.3 Å². The summed E-state index contributed by atoms with van der Waals surface area (Å²) in [6.45, 7) is -0.986. The van der Waals surface area contributed by atoms with E-state index < -0.39 is 6.89 Å². The molecule has 0 bridgehead atoms. The number of rotatable bonds is 4. The van der Waals surface area contributed by atoms with Gasteiger partial charge < -0.3 is 0 Å². The van der Waals surface area contributed by atoms with Crippen molar-refractivity contribution in [2.75, 3.05) is 0 Å². The molecule has 0 atom stereocenters. The zero-order valence-electron chi connectivity index (χ0n) is 14.6. The minimum Gasteiger partial charge on any atom is -0.0954 e. The van der Waals surface area contributed by atoms with Crippen LogP contribution < -0.4 is 0 Å². The lowest BCUT2D eigenvalue weighted by Crippen LogP contribution is -2.25. The van der Waals surface area contributed by atoms with E-state index in [2.05, 4.69) is 36.1 Å². The van der Waals surface area contributed by atoms with E-state index in [4.69, 9.17) is 0 Å². The maximum Gasteiger partial charge on any atom is -0.0205 e. The summed E-state index contributed by atoms with van der Waals surface area (Å²) >= 11 is 0. The van der Waals surface area contributed by atoms with Crippen molar-refractivity contribution in [1.82, 2.24) is 0 Å². The molecule has 3 aliphatic rings. The molecule has 1 heteroatoms. The smallest absolute Gasteiger partial charge is 0.0205 e. The summed E-state index contributed by atoms with van der Waals surface area (Å²) in [6, 6.07) is 11.4. The molecule has 0 N–H and O–H groups in total. The Bertz CT molecular complexity index is 493. The van der Waals surface area contributed by atoms with E-state index in [-0.39, 0.29) is 0 Å². The van der Waals surface area contributed by atoms with Gasteiger partial charge in [0.2, 0.25) is 0 Å². The van der Waals surface area contributed by atoms with Gasteiger partial charge in [-0.25, -0.2) is 0 Å². The Morgan fingerprint density at radius 1 is 0.609 bits per heavy atom. The zero-order valence-corrected chi connectivity index (χ0v) is 15.5. The van der Waals surface area contributed by atoms with Crippen molar-refractivity contribution >= 4 is 12.7 Å². The first-order valence-corrected chi connectivity index (χ1v) is 12.2. The van der Waals surface area contributed by atoms with Gasteiger partial charge >= 0.3 is 0 Å². The number of hydrogen-bond donors (Lipinski definition) is 0. The van der Waals surface area contributed by atoms with Gasteiger partial charge in [0.05, 0.1) is 0 Å². The Labute approximate surface area is 143 Å². The summed E-state index contributed by atoms with van der Waals surface area (Å²) in [4.78, 5) is 0. The molecule has 0 nitrogen and oxygen atoms in total. The average Bonchev–Trinajstić information content (AvgIpc) is 3.38. The highest BCUT2D eigenvalue weighted by molar-refractivity contribution is 7.77. The molecule has 3 aliphatic carbocycles. The summed E-state index contributed by atoms with van der Waals surface area (Å²) in [5.41, 5.74) is 4.78. The minimum atomic E-state index is -0.986. The Kier molecular flexibility index (Phi) is 5.00. The topological polar surface area (TPSA) is 0 Å². The van der Waals surface area contributed by atoms with Gasteiger partial charge in [0.1, 0.15) is 0 Å². The maximum absolute atomic E-state index is 2.91. The van der Waals surface area contributed by atoms with E-state index in [1.165, 1.54) is 38.5 Å². The van der Waals surface area contributed by atoms with E-state index in [0.29, 0.717) is 0 Å². The van der Waals surface area contributed by atoms with E-state index >= 15 is 0 Å². The molecule has 0 unspecified atom stereocenters. The third kappa shape index (κ3) is 3.09. The van der Waals surface area contributed by atoms with Crippen LogP contribution in [0.2, 0.25) is 0 Å². The zero-order chi connectivity index (χ0) is 15.5. The lowest BCUT2D eigenvalue weighted by Gasteiger charge is -2.43. The van der Waals surface area contributed by atoms with Crippen LogP contribution in [0.4, 0.5) is 0 Å². The summed E-state index contributed by atoms with van der Waals surface area (Å²) in [5.74, 6) is 2.91. The first-order valence-electron chi connectivity index (χ1n) is 10.2. The first-order chi connectivity index (χ1) is 11.4. The van der Waals surface area contributed by atoms with Crippen molar-refractivity contribution in [3.8, 4) is 0 Å². The van der Waals surface area contributed by atoms with Gasteiger partial charge in [-0.2, -0.15) is 0 Å². The van der Waals surface area contributed by atoms with Gasteiger partial charge in [-0.05, 0) is 61.1 Å². The number of hydrogen-bond acceptors (Lipinski definition) is 0. The fourth-order valence-electron chi connectivity index (χ4n) is 6.06. The molecule has 4 rings (SSSR count). The maximum atomic E-state index is 2.91. The van der Waals surface area contributed by atoms with Crippen LogP contribution in [0, 0.1) is 0 Å². The molecule has 1 aromatic rings. The van der Waals surface area contributed by atoms with Gasteiger partial charge in [0.15, 0.2) is 0 Å². The molecule has 0 radical (unpaired) electrons. The van der Waals surface area contributed by atoms with Crippen molar-refractivity contribution in [2.24, 2.45) is 0 Å². The van der Waals surface area contributed by atoms with Crippen molar-refractivity contribution in [1.29, 1.82) is 0 Å². The van der Waals surface area contributed by atoms with Crippen LogP contribution in [0.25, 0.3) is 0 Å². The Morgan fingerprint density at radius 2 is 1.00 bits per heavy atom. The first kappa shape index (κ1) is 16.0. The SMILES string of the molecule is C(c1ccccc1)=P(C1CCCC1)(C1CCCC1)C1CCCC1. The lowest BCUT2D eigenvalue weighted by atomic mass is 10.2. The Balaban J connectivity index is 1.83. The molecule has 126 valence electrons. The highest BCUT2D eigenvalue weighted by Crippen LogP contribution is 2.70. The van der Waals surface area contributed by atoms with Crippen LogP contribution in [0.1, 0.15) is 82.6 Å². The van der Waals surface area contributed by atoms with E-state index in [1.807, 2.05) is 0 Å². The molecular weight excluding hydrogens is 295 g/mol. The van der Waals surface area contributed by atoms with Gasteiger partial charge in [-0.15, -0.1) is 0 Å². The van der Waals surface area contributed by atoms with Crippen molar-refractivity contribution in [3.05, 3.63) is 35.9 Å². The Hall–Kier alpha value is -0.480. The molecule has 0 aliphatic heterocycles. The molecule has 0 spiro atoms. The van der Waals surface area contributed by atoms with Gasteiger partial charge in [-0.3, -0.25) is 0 Å². The second-order valence-corrected chi connectivity index (χ2v) is 12.5. The molecule has 0 aromatic heterocycles. The minimum absolute atomic E-state index is 0.986. The summed E-state index contributed by atoms with van der Waals surface area (Å²) in [5, 5.41) is 0. The predicted octanol–water partition coefficient (Wildman–Crippen LogP) is 6.68. The van der Waals surface area contributed by atoms with Crippen LogP contribution in [0.5, 0.6) is 0 Å². The summed E-state index contributed by atoms with van der Waals surface area (Å²) < 4.78 is 0. The van der Waals surface area contributed by atoms with Crippen LogP contribution in [-0.4, -0.2) is 22.8 Å². The molecular formula is C22H33P. The van der Waals surface area contributed by atoms with Gasteiger partial charge in [-0.1, -0.05) is 81.5 Å². The largest absolute Gasteiger partial charge is 0.0954 e. The van der Waals surface area contributed by atoms with Crippen molar-refractivity contribution in [2.45, 2.75) is 94.0 Å². The molecule has 3 saturated carbocycles. The normalized spacial score (nSPS) is 24.5. The van der Waals surface area contributed by atoms with Crippen LogP contribution in [-0.2, 0) is 0 Å². The third-order valence-electron chi connectivity index (χ3n) is 7.04. The highest BCUT2D eigenvalue weighted by atomic mass is 31.2. The van der Waals surface area contributed by atoms with Crippen LogP contribution in [0.3, 0.4) is 0 Å². The summed E-state index contributed by atoms with van der Waals surface area (Å²) in [6.07, 6.45) is 18.3. The monoisotopic (exact) mass is 328 g/mol. The van der Waals surface area contributed by atoms with Gasteiger partial charge in [0, 0.05) is 0 Å². The second-order valence-electron chi connectivity index (χ2n) is 8.25. The predicted molar refractivity (Wildman–Crippen MR) is 105 cm³/mol. The quantitative estimate of drug-likeness (QED) is 0.541. The molecule has 0 heterocycles. The highest BCUT2D eigenvalue weighted by Gasteiger charge is 2.44. The van der Waals surface area contributed by atoms with E-state index in [1.54, 1.807) is 44.1 Å². The standard InChI is InChI=1S/C22H33P/c1-2-10-19(11-3-1)18-23(20-12-4-5-13-20,21-14-6-7-15-21)22-16-8-9-17-22/h1-3,10-11,18,20-22H,4-9,12-17H2. The molecule has 1 aromatic carbocycles.